The van der Waals surface area contributed by atoms with Crippen LogP contribution in [0.3, 0.4) is 0 Å². The number of amides is 1. The molecule has 0 bridgehead atoms. The molecular formula is C14H19NO3S2. The molecule has 1 aromatic heterocycles. The van der Waals surface area contributed by atoms with E-state index in [0.717, 1.165) is 24.3 Å². The van der Waals surface area contributed by atoms with Crippen molar-refractivity contribution in [1.29, 1.82) is 0 Å². The molecular weight excluding hydrogens is 294 g/mol. The second kappa shape index (κ2) is 6.63. The molecule has 0 saturated carbocycles. The second-order valence-electron chi connectivity index (χ2n) is 4.95. The lowest BCUT2D eigenvalue weighted by atomic mass is 10.2. The van der Waals surface area contributed by atoms with Gasteiger partial charge in [0.05, 0.1) is 4.88 Å². The molecule has 1 aromatic rings. The predicted molar refractivity (Wildman–Crippen MR) is 82.6 cm³/mol. The number of carbonyl (C=O) groups excluding carboxylic acids is 1. The van der Waals surface area contributed by atoms with Crippen molar-refractivity contribution in [3.63, 3.8) is 0 Å². The summed E-state index contributed by atoms with van der Waals surface area (Å²) >= 11 is 3.41. The third-order valence-electron chi connectivity index (χ3n) is 3.53. The van der Waals surface area contributed by atoms with Crippen LogP contribution in [0.25, 0.3) is 0 Å². The maximum Gasteiger partial charge on any atom is 0.323 e. The van der Waals surface area contributed by atoms with Crippen LogP contribution in [0, 0.1) is 0 Å². The van der Waals surface area contributed by atoms with Crippen LogP contribution in [0.15, 0.2) is 6.07 Å². The van der Waals surface area contributed by atoms with E-state index in [2.05, 4.69) is 0 Å². The number of fused-ring (bicyclic) bond motifs is 1. The van der Waals surface area contributed by atoms with Crippen molar-refractivity contribution in [1.82, 2.24) is 4.90 Å². The summed E-state index contributed by atoms with van der Waals surface area (Å²) in [5.41, 5.74) is 1.24. The minimum atomic E-state index is -0.962. The Labute approximate surface area is 127 Å². The summed E-state index contributed by atoms with van der Waals surface area (Å²) < 4.78 is 0. The quantitative estimate of drug-likeness (QED) is 0.908. The topological polar surface area (TPSA) is 57.6 Å². The molecule has 0 aromatic carbocycles. The molecule has 4 nitrogen and oxygen atoms in total. The summed E-state index contributed by atoms with van der Waals surface area (Å²) in [5.74, 6) is 0.953. The third kappa shape index (κ3) is 3.35. The first-order valence-electron chi connectivity index (χ1n) is 6.75. The minimum absolute atomic E-state index is 0.0629. The summed E-state index contributed by atoms with van der Waals surface area (Å²) in [6.07, 6.45) is 1.76. The van der Waals surface area contributed by atoms with Crippen LogP contribution in [0.4, 0.5) is 0 Å². The summed E-state index contributed by atoms with van der Waals surface area (Å²) in [4.78, 5) is 27.0. The molecule has 1 N–H and O–H groups in total. The van der Waals surface area contributed by atoms with E-state index in [4.69, 9.17) is 5.11 Å². The molecule has 110 valence electrons. The number of carboxylic acid groups (broad SMARTS) is 1. The Morgan fingerprint density at radius 3 is 2.85 bits per heavy atom. The zero-order chi connectivity index (χ0) is 14.7. The van der Waals surface area contributed by atoms with Gasteiger partial charge in [0, 0.05) is 16.7 Å². The van der Waals surface area contributed by atoms with Gasteiger partial charge in [0.2, 0.25) is 0 Å². The Balaban J connectivity index is 2.22. The van der Waals surface area contributed by atoms with Crippen LogP contribution in [0.1, 0.15) is 40.4 Å². The minimum Gasteiger partial charge on any atom is -0.480 e. The molecule has 1 atom stereocenters. The van der Waals surface area contributed by atoms with Crippen molar-refractivity contribution in [3.8, 4) is 0 Å². The van der Waals surface area contributed by atoms with Crippen LogP contribution in [-0.2, 0) is 17.0 Å². The third-order valence-corrected chi connectivity index (χ3v) is 5.76. The number of nitrogens with zero attached hydrogens (tertiary/aromatic N) is 1. The Morgan fingerprint density at radius 2 is 2.25 bits per heavy atom. The lowest BCUT2D eigenvalue weighted by molar-refractivity contribution is -0.138. The zero-order valence-corrected chi connectivity index (χ0v) is 13.4. The molecule has 0 radical (unpaired) electrons. The van der Waals surface area contributed by atoms with E-state index in [1.807, 2.05) is 31.7 Å². The zero-order valence-electron chi connectivity index (χ0n) is 11.7. The van der Waals surface area contributed by atoms with Gasteiger partial charge in [0.25, 0.3) is 5.91 Å². The van der Waals surface area contributed by atoms with Crippen molar-refractivity contribution >= 4 is 35.0 Å². The largest absolute Gasteiger partial charge is 0.480 e. The molecule has 2 heterocycles. The molecule has 0 spiro atoms. The first-order valence-corrected chi connectivity index (χ1v) is 8.72. The van der Waals surface area contributed by atoms with Crippen molar-refractivity contribution in [2.45, 2.75) is 38.5 Å². The Hall–Kier alpha value is -1.01. The SMILES string of the molecule is CCC(C)N(CC(=O)O)C(=O)c1cc2c(s1)CCSC2. The van der Waals surface area contributed by atoms with E-state index >= 15 is 0 Å². The summed E-state index contributed by atoms with van der Waals surface area (Å²) in [6.45, 7) is 3.62. The maximum atomic E-state index is 12.6. The number of hydrogen-bond acceptors (Lipinski definition) is 4. The lowest BCUT2D eigenvalue weighted by Crippen LogP contribution is -2.41. The lowest BCUT2D eigenvalue weighted by Gasteiger charge is -2.26. The van der Waals surface area contributed by atoms with Crippen LogP contribution in [0.5, 0.6) is 0 Å². The van der Waals surface area contributed by atoms with Gasteiger partial charge in [0.15, 0.2) is 0 Å². The molecule has 1 aliphatic rings. The highest BCUT2D eigenvalue weighted by atomic mass is 32.2. The van der Waals surface area contributed by atoms with E-state index in [0.29, 0.717) is 4.88 Å². The first kappa shape index (κ1) is 15.4. The Morgan fingerprint density at radius 1 is 1.50 bits per heavy atom. The van der Waals surface area contributed by atoms with Gasteiger partial charge in [-0.1, -0.05) is 6.92 Å². The average Bonchev–Trinajstić information content (AvgIpc) is 2.86. The molecule has 0 fully saturated rings. The number of carboxylic acids is 1. The van der Waals surface area contributed by atoms with Crippen LogP contribution in [0.2, 0.25) is 0 Å². The highest BCUT2D eigenvalue weighted by Crippen LogP contribution is 2.32. The summed E-state index contributed by atoms with van der Waals surface area (Å²) in [6, 6.07) is 1.89. The first-order chi connectivity index (χ1) is 9.52. The van der Waals surface area contributed by atoms with Gasteiger partial charge >= 0.3 is 5.97 Å². The number of thiophene rings is 1. The Bertz CT molecular complexity index is 489. The molecule has 1 unspecified atom stereocenters. The van der Waals surface area contributed by atoms with Crippen molar-refractivity contribution in [2.75, 3.05) is 12.3 Å². The van der Waals surface area contributed by atoms with Crippen LogP contribution >= 0.6 is 23.1 Å². The monoisotopic (exact) mass is 313 g/mol. The smallest absolute Gasteiger partial charge is 0.323 e. The molecule has 0 saturated heterocycles. The van der Waals surface area contributed by atoms with Crippen LogP contribution in [-0.4, -0.2) is 40.2 Å². The molecule has 6 heteroatoms. The number of carbonyl (C=O) groups is 2. The molecule has 2 rings (SSSR count). The second-order valence-corrected chi connectivity index (χ2v) is 7.19. The molecule has 20 heavy (non-hydrogen) atoms. The van der Waals surface area contributed by atoms with Gasteiger partial charge in [-0.15, -0.1) is 11.3 Å². The van der Waals surface area contributed by atoms with E-state index in [-0.39, 0.29) is 18.5 Å². The number of thioether (sulfide) groups is 1. The van der Waals surface area contributed by atoms with Gasteiger partial charge in [0.1, 0.15) is 6.54 Å². The Kier molecular flexibility index (Phi) is 5.10. The average molecular weight is 313 g/mol. The molecule has 0 aliphatic carbocycles. The van der Waals surface area contributed by atoms with E-state index in [1.54, 1.807) is 0 Å². The van der Waals surface area contributed by atoms with Crippen LogP contribution < -0.4 is 0 Å². The highest BCUT2D eigenvalue weighted by Gasteiger charge is 2.26. The fraction of sp³-hybridized carbons (Fsp3) is 0.571. The van der Waals surface area contributed by atoms with E-state index in [1.165, 1.54) is 26.7 Å². The summed E-state index contributed by atoms with van der Waals surface area (Å²) in [5, 5.41) is 8.99. The van der Waals surface area contributed by atoms with E-state index < -0.39 is 5.97 Å². The van der Waals surface area contributed by atoms with Crippen molar-refractivity contribution < 1.29 is 14.7 Å². The number of aliphatic carboxylic acids is 1. The van der Waals surface area contributed by atoms with Crippen molar-refractivity contribution in [2.24, 2.45) is 0 Å². The number of aryl methyl sites for hydroxylation is 1. The van der Waals surface area contributed by atoms with Gasteiger partial charge in [-0.3, -0.25) is 9.59 Å². The number of hydrogen-bond donors (Lipinski definition) is 1. The molecule has 1 aliphatic heterocycles. The predicted octanol–water partition coefficient (Wildman–Crippen LogP) is 2.86. The van der Waals surface area contributed by atoms with Crippen molar-refractivity contribution in [3.05, 3.63) is 21.4 Å². The standard InChI is InChI=1S/C14H19NO3S2/c1-3-9(2)15(7-13(16)17)14(18)12-6-10-8-19-5-4-11(10)20-12/h6,9H,3-5,7-8H2,1-2H3,(H,16,17). The number of rotatable bonds is 5. The van der Waals surface area contributed by atoms with E-state index in [9.17, 15) is 9.59 Å². The van der Waals surface area contributed by atoms with Gasteiger partial charge in [-0.2, -0.15) is 11.8 Å². The normalized spacial score (nSPS) is 15.5. The highest BCUT2D eigenvalue weighted by molar-refractivity contribution is 7.98. The van der Waals surface area contributed by atoms with Gasteiger partial charge < -0.3 is 10.0 Å². The van der Waals surface area contributed by atoms with Gasteiger partial charge in [-0.25, -0.2) is 0 Å². The fourth-order valence-electron chi connectivity index (χ4n) is 2.19. The fourth-order valence-corrected chi connectivity index (χ4v) is 4.52. The summed E-state index contributed by atoms with van der Waals surface area (Å²) in [7, 11) is 0. The molecule has 1 amide bonds. The maximum absolute atomic E-state index is 12.6. The van der Waals surface area contributed by atoms with Gasteiger partial charge in [-0.05, 0) is 37.1 Å².